The second kappa shape index (κ2) is 6.69. The van der Waals surface area contributed by atoms with Crippen LogP contribution in [0.5, 0.6) is 17.2 Å². The molecule has 0 saturated heterocycles. The van der Waals surface area contributed by atoms with Gasteiger partial charge in [0, 0.05) is 18.2 Å². The van der Waals surface area contributed by atoms with Crippen LogP contribution in [0.1, 0.15) is 16.1 Å². The zero-order valence-electron chi connectivity index (χ0n) is 12.1. The lowest BCUT2D eigenvalue weighted by atomic mass is 10.1. The van der Waals surface area contributed by atoms with Crippen molar-refractivity contribution < 1.29 is 23.4 Å². The van der Waals surface area contributed by atoms with Gasteiger partial charge in [0.1, 0.15) is 5.75 Å². The number of carbonyl (C=O) groups excluding carboxylic acids is 1. The van der Waals surface area contributed by atoms with Gasteiger partial charge >= 0.3 is 0 Å². The summed E-state index contributed by atoms with van der Waals surface area (Å²) in [6.07, 6.45) is 1.45. The summed E-state index contributed by atoms with van der Waals surface area (Å²) in [5, 5.41) is 2.76. The van der Waals surface area contributed by atoms with Gasteiger partial charge < -0.3 is 23.9 Å². The van der Waals surface area contributed by atoms with Crippen LogP contribution >= 0.6 is 0 Å². The van der Waals surface area contributed by atoms with Gasteiger partial charge in [-0.15, -0.1) is 0 Å². The molecule has 2 aromatic rings. The van der Waals surface area contributed by atoms with Gasteiger partial charge in [-0.1, -0.05) is 0 Å². The van der Waals surface area contributed by atoms with Gasteiger partial charge in [0.15, 0.2) is 17.3 Å². The van der Waals surface area contributed by atoms with Gasteiger partial charge in [0.2, 0.25) is 0 Å². The molecule has 1 aromatic carbocycles. The maximum atomic E-state index is 11.9. The van der Waals surface area contributed by atoms with E-state index in [0.717, 1.165) is 5.56 Å². The van der Waals surface area contributed by atoms with E-state index in [4.69, 9.17) is 18.6 Å². The van der Waals surface area contributed by atoms with E-state index in [0.29, 0.717) is 17.2 Å². The van der Waals surface area contributed by atoms with E-state index in [9.17, 15) is 4.79 Å². The number of hydrogen-bond acceptors (Lipinski definition) is 5. The van der Waals surface area contributed by atoms with E-state index in [2.05, 4.69) is 5.32 Å². The number of rotatable bonds is 6. The van der Waals surface area contributed by atoms with Crippen LogP contribution < -0.4 is 19.5 Å². The fourth-order valence-corrected chi connectivity index (χ4v) is 1.90. The first-order valence-electron chi connectivity index (χ1n) is 6.30. The van der Waals surface area contributed by atoms with Crippen molar-refractivity contribution in [3.63, 3.8) is 0 Å². The largest absolute Gasteiger partial charge is 0.496 e. The topological polar surface area (TPSA) is 69.9 Å². The third-order valence-electron chi connectivity index (χ3n) is 2.97. The molecule has 0 radical (unpaired) electrons. The van der Waals surface area contributed by atoms with E-state index in [-0.39, 0.29) is 18.2 Å². The lowest BCUT2D eigenvalue weighted by molar-refractivity contribution is 0.0923. The molecule has 1 aromatic heterocycles. The molecule has 1 heterocycles. The maximum Gasteiger partial charge on any atom is 0.287 e. The number of hydrogen-bond donors (Lipinski definition) is 1. The Kier molecular flexibility index (Phi) is 4.71. The van der Waals surface area contributed by atoms with Gasteiger partial charge in [0.25, 0.3) is 5.91 Å². The van der Waals surface area contributed by atoms with Crippen LogP contribution in [0, 0.1) is 0 Å². The SMILES string of the molecule is COc1cc(OC)c(OC)cc1CNC(=O)c1ccco1. The molecule has 0 unspecified atom stereocenters. The highest BCUT2D eigenvalue weighted by Gasteiger charge is 2.14. The van der Waals surface area contributed by atoms with Crippen LogP contribution in [0.2, 0.25) is 0 Å². The van der Waals surface area contributed by atoms with E-state index in [1.165, 1.54) is 6.26 Å². The minimum atomic E-state index is -0.295. The Balaban J connectivity index is 2.17. The molecule has 6 heteroatoms. The Bertz CT molecular complexity index is 607. The number of amides is 1. The van der Waals surface area contributed by atoms with Crippen LogP contribution in [-0.2, 0) is 6.54 Å². The van der Waals surface area contributed by atoms with Crippen LogP contribution in [0.25, 0.3) is 0 Å². The van der Waals surface area contributed by atoms with Gasteiger partial charge in [0.05, 0.1) is 27.6 Å². The first-order valence-corrected chi connectivity index (χ1v) is 6.30. The lowest BCUT2D eigenvalue weighted by Crippen LogP contribution is -2.22. The monoisotopic (exact) mass is 291 g/mol. The average molecular weight is 291 g/mol. The van der Waals surface area contributed by atoms with E-state index in [1.54, 1.807) is 45.6 Å². The Hall–Kier alpha value is -2.63. The van der Waals surface area contributed by atoms with Crippen LogP contribution in [-0.4, -0.2) is 27.2 Å². The van der Waals surface area contributed by atoms with Gasteiger partial charge in [-0.25, -0.2) is 0 Å². The van der Waals surface area contributed by atoms with E-state index >= 15 is 0 Å². The Morgan fingerprint density at radius 3 is 2.33 bits per heavy atom. The van der Waals surface area contributed by atoms with Crippen LogP contribution in [0.4, 0.5) is 0 Å². The highest BCUT2D eigenvalue weighted by Crippen LogP contribution is 2.34. The Labute approximate surface area is 122 Å². The molecule has 0 spiro atoms. The number of ether oxygens (including phenoxy) is 3. The molecule has 0 saturated carbocycles. The summed E-state index contributed by atoms with van der Waals surface area (Å²) in [5.74, 6) is 1.70. The van der Waals surface area contributed by atoms with Gasteiger partial charge in [-0.3, -0.25) is 4.79 Å². The first kappa shape index (κ1) is 14.8. The van der Waals surface area contributed by atoms with Crippen molar-refractivity contribution in [3.05, 3.63) is 41.9 Å². The molecule has 0 aliphatic rings. The fraction of sp³-hybridized carbons (Fsp3) is 0.267. The molecular formula is C15H17NO5. The van der Waals surface area contributed by atoms with Gasteiger partial charge in [-0.2, -0.15) is 0 Å². The van der Waals surface area contributed by atoms with E-state index in [1.807, 2.05) is 0 Å². The molecule has 6 nitrogen and oxygen atoms in total. The fourth-order valence-electron chi connectivity index (χ4n) is 1.90. The molecular weight excluding hydrogens is 274 g/mol. The van der Waals surface area contributed by atoms with Crippen molar-refractivity contribution in [1.29, 1.82) is 0 Å². The predicted molar refractivity (Wildman–Crippen MR) is 76.0 cm³/mol. The minimum absolute atomic E-state index is 0.259. The third kappa shape index (κ3) is 3.28. The number of methoxy groups -OCH3 is 3. The van der Waals surface area contributed by atoms with Crippen molar-refractivity contribution in [2.75, 3.05) is 21.3 Å². The smallest absolute Gasteiger partial charge is 0.287 e. The number of furan rings is 1. The minimum Gasteiger partial charge on any atom is -0.496 e. The molecule has 0 fully saturated rings. The van der Waals surface area contributed by atoms with Crippen molar-refractivity contribution >= 4 is 5.91 Å². The highest BCUT2D eigenvalue weighted by molar-refractivity contribution is 5.91. The van der Waals surface area contributed by atoms with Crippen molar-refractivity contribution in [2.24, 2.45) is 0 Å². The van der Waals surface area contributed by atoms with Crippen LogP contribution in [0.3, 0.4) is 0 Å². The Morgan fingerprint density at radius 2 is 1.76 bits per heavy atom. The molecule has 2 rings (SSSR count). The molecule has 0 aliphatic heterocycles. The molecule has 1 N–H and O–H groups in total. The van der Waals surface area contributed by atoms with Crippen molar-refractivity contribution in [2.45, 2.75) is 6.54 Å². The van der Waals surface area contributed by atoms with Crippen LogP contribution in [0.15, 0.2) is 34.9 Å². The van der Waals surface area contributed by atoms with Crippen molar-refractivity contribution in [1.82, 2.24) is 5.32 Å². The van der Waals surface area contributed by atoms with Gasteiger partial charge in [-0.05, 0) is 18.2 Å². The summed E-state index contributed by atoms with van der Waals surface area (Å²) in [6, 6.07) is 6.74. The quantitative estimate of drug-likeness (QED) is 0.884. The molecule has 0 aliphatic carbocycles. The lowest BCUT2D eigenvalue weighted by Gasteiger charge is -2.14. The maximum absolute atomic E-state index is 11.9. The third-order valence-corrected chi connectivity index (χ3v) is 2.97. The second-order valence-corrected chi connectivity index (χ2v) is 4.18. The summed E-state index contributed by atoms with van der Waals surface area (Å²) in [5.41, 5.74) is 0.773. The summed E-state index contributed by atoms with van der Waals surface area (Å²) in [7, 11) is 4.66. The molecule has 0 bridgehead atoms. The summed E-state index contributed by atoms with van der Waals surface area (Å²) in [6.45, 7) is 0.281. The standard InChI is InChI=1S/C15H17NO5/c1-18-12-8-14(20-3)13(19-2)7-10(12)9-16-15(17)11-5-4-6-21-11/h4-8H,9H2,1-3H3,(H,16,17). The highest BCUT2D eigenvalue weighted by atomic mass is 16.5. The number of carbonyl (C=O) groups is 1. The molecule has 0 atom stereocenters. The molecule has 1 amide bonds. The van der Waals surface area contributed by atoms with Crippen molar-refractivity contribution in [3.8, 4) is 17.2 Å². The summed E-state index contributed by atoms with van der Waals surface area (Å²) in [4.78, 5) is 11.9. The molecule has 21 heavy (non-hydrogen) atoms. The van der Waals surface area contributed by atoms with E-state index < -0.39 is 0 Å². The summed E-state index contributed by atoms with van der Waals surface area (Å²) >= 11 is 0. The average Bonchev–Trinajstić information content (AvgIpc) is 3.06. The summed E-state index contributed by atoms with van der Waals surface area (Å²) < 4.78 is 20.8. The predicted octanol–water partition coefficient (Wildman–Crippen LogP) is 2.24. The number of nitrogens with one attached hydrogen (secondary N) is 1. The first-order chi connectivity index (χ1) is 10.2. The number of benzene rings is 1. The zero-order chi connectivity index (χ0) is 15.2. The molecule has 112 valence electrons. The zero-order valence-corrected chi connectivity index (χ0v) is 12.1. The Morgan fingerprint density at radius 1 is 1.10 bits per heavy atom. The normalized spacial score (nSPS) is 10.0. The second-order valence-electron chi connectivity index (χ2n) is 4.18.